The first-order valence-electron chi connectivity index (χ1n) is 15.4. The van der Waals surface area contributed by atoms with Crippen LogP contribution >= 0.6 is 0 Å². The number of hydrogen-bond donors (Lipinski definition) is 3. The Morgan fingerprint density at radius 3 is 2.58 bits per heavy atom. The van der Waals surface area contributed by atoms with E-state index in [1.165, 1.54) is 0 Å². The van der Waals surface area contributed by atoms with E-state index in [1.54, 1.807) is 22.9 Å². The number of Topliss-reactive ketones (excluding diaryl/α,β-unsaturated/α-hetero) is 1. The third kappa shape index (κ3) is 7.55. The van der Waals surface area contributed by atoms with Crippen molar-refractivity contribution in [3.8, 4) is 0 Å². The molecule has 3 amide bonds. The first kappa shape index (κ1) is 32.0. The maximum absolute atomic E-state index is 14.0. The number of unbranched alkanes of at least 4 members (excludes halogenated alkanes) is 1. The van der Waals surface area contributed by atoms with Gasteiger partial charge in [-0.1, -0.05) is 44.9 Å². The number of carboxylic acid groups (broad SMARTS) is 1. The van der Waals surface area contributed by atoms with Crippen molar-refractivity contribution in [2.24, 2.45) is 11.8 Å². The van der Waals surface area contributed by atoms with E-state index in [0.717, 1.165) is 29.3 Å². The quantitative estimate of drug-likeness (QED) is 0.358. The monoisotopic (exact) mass is 596 g/mol. The van der Waals surface area contributed by atoms with Gasteiger partial charge in [0.1, 0.15) is 19.2 Å². The van der Waals surface area contributed by atoms with Gasteiger partial charge in [-0.2, -0.15) is 4.73 Å². The predicted octanol–water partition coefficient (Wildman–Crippen LogP) is 2.87. The summed E-state index contributed by atoms with van der Waals surface area (Å²) in [6.07, 6.45) is 5.67. The Bertz CT molecular complexity index is 1340. The number of hydrogen-bond acceptors (Lipinski definition) is 6. The number of piperidine rings is 1. The third-order valence-electron chi connectivity index (χ3n) is 8.96. The van der Waals surface area contributed by atoms with Crippen LogP contribution in [0.4, 0.5) is 0 Å². The lowest BCUT2D eigenvalue weighted by molar-refractivity contribution is -0.147. The van der Waals surface area contributed by atoms with E-state index >= 15 is 0 Å². The van der Waals surface area contributed by atoms with Crippen LogP contribution in [0.15, 0.2) is 30.5 Å². The molecule has 2 aliphatic rings. The maximum atomic E-state index is 14.0. The van der Waals surface area contributed by atoms with Gasteiger partial charge in [0.15, 0.2) is 5.78 Å². The fourth-order valence-electron chi connectivity index (χ4n) is 6.27. The molecule has 0 radical (unpaired) electrons. The average molecular weight is 597 g/mol. The van der Waals surface area contributed by atoms with Gasteiger partial charge < -0.3 is 25.5 Å². The molecule has 43 heavy (non-hydrogen) atoms. The van der Waals surface area contributed by atoms with Gasteiger partial charge in [-0.25, -0.2) is 0 Å². The van der Waals surface area contributed by atoms with E-state index < -0.39 is 41.8 Å². The second kappa shape index (κ2) is 14.5. The SMILES string of the molecule is CCC(C)[C@@H]1NC(=O)[C@H](Cc2cn(OC)c3ccccc23)NC(=O)[C@H](CCCCC(=O)O)CC(=O)[C@H]2CCCCN2C1=O. The molecular formula is C32H44N4O7. The number of aromatic nitrogens is 1. The molecule has 11 heteroatoms. The van der Waals surface area contributed by atoms with Crippen LogP contribution in [0.1, 0.15) is 77.2 Å². The highest BCUT2D eigenvalue weighted by Crippen LogP contribution is 2.27. The molecule has 2 aromatic rings. The molecular weight excluding hydrogens is 552 g/mol. The summed E-state index contributed by atoms with van der Waals surface area (Å²) >= 11 is 0. The van der Waals surface area contributed by atoms with Crippen molar-refractivity contribution < 1.29 is 33.9 Å². The fraction of sp³-hybridized carbons (Fsp3) is 0.594. The van der Waals surface area contributed by atoms with Gasteiger partial charge in [0.25, 0.3) is 0 Å². The molecule has 1 aromatic heterocycles. The van der Waals surface area contributed by atoms with E-state index in [1.807, 2.05) is 38.1 Å². The molecule has 0 saturated carbocycles. The summed E-state index contributed by atoms with van der Waals surface area (Å²) in [5.74, 6) is -3.17. The van der Waals surface area contributed by atoms with Crippen LogP contribution < -0.4 is 15.5 Å². The highest BCUT2D eigenvalue weighted by atomic mass is 16.6. The average Bonchev–Trinajstić information content (AvgIpc) is 3.36. The highest BCUT2D eigenvalue weighted by molar-refractivity contribution is 5.98. The van der Waals surface area contributed by atoms with E-state index in [9.17, 15) is 24.0 Å². The van der Waals surface area contributed by atoms with Gasteiger partial charge in [0, 0.05) is 43.3 Å². The van der Waals surface area contributed by atoms with Gasteiger partial charge in [-0.15, -0.1) is 0 Å². The number of carbonyl (C=O) groups is 5. The summed E-state index contributed by atoms with van der Waals surface area (Å²) < 4.78 is 1.60. The third-order valence-corrected chi connectivity index (χ3v) is 8.96. The minimum Gasteiger partial charge on any atom is -0.481 e. The van der Waals surface area contributed by atoms with Crippen molar-refractivity contribution >= 4 is 40.4 Å². The minimum atomic E-state index is -1.02. The maximum Gasteiger partial charge on any atom is 0.303 e. The van der Waals surface area contributed by atoms with E-state index in [2.05, 4.69) is 10.6 Å². The highest BCUT2D eigenvalue weighted by Gasteiger charge is 2.40. The molecule has 0 bridgehead atoms. The van der Waals surface area contributed by atoms with Gasteiger partial charge in [-0.05, 0) is 49.7 Å². The first-order chi connectivity index (χ1) is 20.6. The largest absolute Gasteiger partial charge is 0.481 e. The summed E-state index contributed by atoms with van der Waals surface area (Å²) in [6.45, 7) is 4.28. The molecule has 2 fully saturated rings. The molecule has 3 N–H and O–H groups in total. The van der Waals surface area contributed by atoms with Crippen LogP contribution in [0.5, 0.6) is 0 Å². The molecule has 5 atom stereocenters. The van der Waals surface area contributed by atoms with Crippen LogP contribution in [0.3, 0.4) is 0 Å². The lowest BCUT2D eigenvalue weighted by atomic mass is 9.87. The molecule has 1 aromatic carbocycles. The summed E-state index contributed by atoms with van der Waals surface area (Å²) in [6, 6.07) is 5.09. The molecule has 4 rings (SSSR count). The number of fused-ring (bicyclic) bond motifs is 2. The topological polar surface area (TPSA) is 147 Å². The van der Waals surface area contributed by atoms with Crippen LogP contribution in [-0.2, 0) is 30.4 Å². The Kier molecular flexibility index (Phi) is 10.8. The second-order valence-electron chi connectivity index (χ2n) is 11.9. The first-order valence-corrected chi connectivity index (χ1v) is 15.4. The van der Waals surface area contributed by atoms with E-state index in [-0.39, 0.29) is 36.9 Å². The summed E-state index contributed by atoms with van der Waals surface area (Å²) in [7, 11) is 1.54. The summed E-state index contributed by atoms with van der Waals surface area (Å²) in [5, 5.41) is 15.8. The summed E-state index contributed by atoms with van der Waals surface area (Å²) in [4.78, 5) is 73.6. The van der Waals surface area contributed by atoms with E-state index in [0.29, 0.717) is 38.6 Å². The van der Waals surface area contributed by atoms with Crippen LogP contribution in [0.2, 0.25) is 0 Å². The van der Waals surface area contributed by atoms with E-state index in [4.69, 9.17) is 9.94 Å². The fourth-order valence-corrected chi connectivity index (χ4v) is 6.27. The number of ketones is 1. The Hall–Kier alpha value is -3.89. The van der Waals surface area contributed by atoms with Crippen LogP contribution in [-0.4, -0.2) is 76.0 Å². The number of nitrogens with one attached hydrogen (secondary N) is 2. The number of nitrogens with zero attached hydrogens (tertiary/aromatic N) is 2. The lowest BCUT2D eigenvalue weighted by Gasteiger charge is -2.39. The zero-order chi connectivity index (χ0) is 31.1. The predicted molar refractivity (Wildman–Crippen MR) is 160 cm³/mol. The minimum absolute atomic E-state index is 0.0290. The Morgan fingerprint density at radius 1 is 1.09 bits per heavy atom. The number of rotatable bonds is 10. The van der Waals surface area contributed by atoms with Crippen LogP contribution in [0, 0.1) is 11.8 Å². The van der Waals surface area contributed by atoms with Crippen molar-refractivity contribution in [3.63, 3.8) is 0 Å². The lowest BCUT2D eigenvalue weighted by Crippen LogP contribution is -2.61. The molecule has 234 valence electrons. The molecule has 11 nitrogen and oxygen atoms in total. The molecule has 2 aliphatic heterocycles. The van der Waals surface area contributed by atoms with Crippen LogP contribution in [0.25, 0.3) is 10.9 Å². The number of amides is 3. The summed E-state index contributed by atoms with van der Waals surface area (Å²) in [5.41, 5.74) is 1.59. The van der Waals surface area contributed by atoms with Crippen molar-refractivity contribution in [2.45, 2.75) is 96.2 Å². The van der Waals surface area contributed by atoms with Gasteiger partial charge in [0.2, 0.25) is 17.7 Å². The van der Waals surface area contributed by atoms with Gasteiger partial charge in [-0.3, -0.25) is 24.0 Å². The molecule has 3 heterocycles. The molecule has 2 saturated heterocycles. The Balaban J connectivity index is 1.70. The second-order valence-corrected chi connectivity index (χ2v) is 11.9. The van der Waals surface area contributed by atoms with Crippen molar-refractivity contribution in [3.05, 3.63) is 36.0 Å². The van der Waals surface area contributed by atoms with Gasteiger partial charge >= 0.3 is 5.97 Å². The smallest absolute Gasteiger partial charge is 0.303 e. The normalized spacial score (nSPS) is 24.4. The number of benzene rings is 1. The molecule has 0 spiro atoms. The number of carboxylic acids is 1. The molecule has 0 aliphatic carbocycles. The number of carbonyl (C=O) groups excluding carboxylic acids is 4. The molecule has 1 unspecified atom stereocenters. The van der Waals surface area contributed by atoms with Crippen molar-refractivity contribution in [1.29, 1.82) is 0 Å². The van der Waals surface area contributed by atoms with Crippen molar-refractivity contribution in [2.75, 3.05) is 13.7 Å². The number of para-hydroxylation sites is 1. The standard InChI is InChI=1S/C32H44N4O7/c1-4-20(2)29-32(42)35-16-10-9-14-26(35)27(37)18-21(11-5-8-15-28(38)39)30(40)33-24(31(41)34-29)17-22-19-36(43-3)25-13-7-6-12-23(22)25/h6-7,12-13,19-21,24,26,29H,4-5,8-11,14-18H2,1-3H3,(H,33,40)(H,34,41)(H,38,39)/t20?,21-,24+,26-,29+/m1/s1. The zero-order valence-corrected chi connectivity index (χ0v) is 25.3. The van der Waals surface area contributed by atoms with Crippen molar-refractivity contribution in [1.82, 2.24) is 20.3 Å². The Labute approximate surface area is 252 Å². The number of aliphatic carboxylic acids is 1. The van der Waals surface area contributed by atoms with Gasteiger partial charge in [0.05, 0.1) is 11.6 Å². The zero-order valence-electron chi connectivity index (χ0n) is 25.3. The Morgan fingerprint density at radius 2 is 1.86 bits per heavy atom.